The van der Waals surface area contributed by atoms with E-state index in [9.17, 15) is 4.79 Å². The lowest BCUT2D eigenvalue weighted by atomic mass is 10.0. The molecule has 0 bridgehead atoms. The van der Waals surface area contributed by atoms with Gasteiger partial charge < -0.3 is 4.90 Å². The first kappa shape index (κ1) is 18.2. The summed E-state index contributed by atoms with van der Waals surface area (Å²) >= 11 is 0. The molecule has 142 valence electrons. The Hall–Kier alpha value is -2.17. The average Bonchev–Trinajstić information content (AvgIpc) is 3.26. The molecule has 0 aliphatic carbocycles. The molecule has 0 N–H and O–H groups in total. The second kappa shape index (κ2) is 8.68. The van der Waals surface area contributed by atoms with E-state index in [1.54, 1.807) is 0 Å². The summed E-state index contributed by atoms with van der Waals surface area (Å²) < 4.78 is 0. The van der Waals surface area contributed by atoms with Crippen molar-refractivity contribution in [2.24, 2.45) is 0 Å². The zero-order chi connectivity index (χ0) is 18.5. The van der Waals surface area contributed by atoms with Crippen LogP contribution in [0, 0.1) is 0 Å². The van der Waals surface area contributed by atoms with E-state index in [1.165, 1.54) is 29.5 Å². The Bertz CT molecular complexity index is 730. The van der Waals surface area contributed by atoms with Crippen molar-refractivity contribution in [3.63, 3.8) is 0 Å². The molecule has 2 heterocycles. The van der Waals surface area contributed by atoms with Gasteiger partial charge in [0.2, 0.25) is 5.91 Å². The maximum absolute atomic E-state index is 12.3. The maximum atomic E-state index is 12.3. The van der Waals surface area contributed by atoms with Gasteiger partial charge in [0.1, 0.15) is 0 Å². The van der Waals surface area contributed by atoms with Gasteiger partial charge in [0, 0.05) is 45.8 Å². The SMILES string of the molecule is O=C(CN1CCN(Cc2ccc(-c3ccccc3)cc2)CC1)N1CCCC1. The predicted molar refractivity (Wildman–Crippen MR) is 109 cm³/mol. The molecule has 0 radical (unpaired) electrons. The molecule has 0 atom stereocenters. The van der Waals surface area contributed by atoms with Crippen molar-refractivity contribution in [3.05, 3.63) is 60.2 Å². The smallest absolute Gasteiger partial charge is 0.236 e. The fraction of sp³-hybridized carbons (Fsp3) is 0.435. The fourth-order valence-electron chi connectivity index (χ4n) is 4.05. The van der Waals surface area contributed by atoms with Crippen LogP contribution in [0.5, 0.6) is 0 Å². The second-order valence-electron chi connectivity index (χ2n) is 7.70. The molecule has 0 unspecified atom stereocenters. The Morgan fingerprint density at radius 1 is 0.704 bits per heavy atom. The molecule has 2 aromatic rings. The van der Waals surface area contributed by atoms with E-state index < -0.39 is 0 Å². The van der Waals surface area contributed by atoms with Crippen LogP contribution < -0.4 is 0 Å². The third-order valence-corrected chi connectivity index (χ3v) is 5.75. The molecule has 2 aliphatic heterocycles. The van der Waals surface area contributed by atoms with Crippen LogP contribution >= 0.6 is 0 Å². The molecule has 1 amide bonds. The van der Waals surface area contributed by atoms with Gasteiger partial charge in [-0.15, -0.1) is 0 Å². The molecule has 4 heteroatoms. The summed E-state index contributed by atoms with van der Waals surface area (Å²) in [6.07, 6.45) is 2.34. The van der Waals surface area contributed by atoms with E-state index in [0.717, 1.165) is 45.8 Å². The van der Waals surface area contributed by atoms with Gasteiger partial charge in [-0.3, -0.25) is 14.6 Å². The van der Waals surface area contributed by atoms with Gasteiger partial charge >= 0.3 is 0 Å². The van der Waals surface area contributed by atoms with Crippen molar-refractivity contribution in [1.82, 2.24) is 14.7 Å². The first-order chi connectivity index (χ1) is 13.3. The first-order valence-corrected chi connectivity index (χ1v) is 10.1. The highest BCUT2D eigenvalue weighted by molar-refractivity contribution is 5.78. The molecule has 2 aliphatic rings. The highest BCUT2D eigenvalue weighted by Crippen LogP contribution is 2.20. The molecular formula is C23H29N3O. The minimum Gasteiger partial charge on any atom is -0.342 e. The molecule has 2 fully saturated rings. The summed E-state index contributed by atoms with van der Waals surface area (Å²) in [5.74, 6) is 0.317. The monoisotopic (exact) mass is 363 g/mol. The molecule has 0 saturated carbocycles. The number of nitrogens with zero attached hydrogens (tertiary/aromatic N) is 3. The van der Waals surface area contributed by atoms with Crippen LogP contribution in [0.4, 0.5) is 0 Å². The van der Waals surface area contributed by atoms with E-state index in [2.05, 4.69) is 64.4 Å². The quantitative estimate of drug-likeness (QED) is 0.817. The van der Waals surface area contributed by atoms with Crippen LogP contribution in [0.15, 0.2) is 54.6 Å². The van der Waals surface area contributed by atoms with Gasteiger partial charge in [0.25, 0.3) is 0 Å². The van der Waals surface area contributed by atoms with Gasteiger partial charge in [-0.25, -0.2) is 0 Å². The fourth-order valence-corrected chi connectivity index (χ4v) is 4.05. The van der Waals surface area contributed by atoms with Gasteiger partial charge in [-0.1, -0.05) is 54.6 Å². The minimum atomic E-state index is 0.317. The number of hydrogen-bond acceptors (Lipinski definition) is 3. The predicted octanol–water partition coefficient (Wildman–Crippen LogP) is 3.09. The number of hydrogen-bond donors (Lipinski definition) is 0. The summed E-state index contributed by atoms with van der Waals surface area (Å²) in [5, 5.41) is 0. The number of benzene rings is 2. The maximum Gasteiger partial charge on any atom is 0.236 e. The standard InChI is InChI=1S/C23H29N3O/c27-23(26-12-4-5-13-26)19-25-16-14-24(15-17-25)18-20-8-10-22(11-9-20)21-6-2-1-3-7-21/h1-3,6-11H,4-5,12-19H2. The van der Waals surface area contributed by atoms with E-state index >= 15 is 0 Å². The van der Waals surface area contributed by atoms with Crippen molar-refractivity contribution < 1.29 is 4.79 Å². The lowest BCUT2D eigenvalue weighted by molar-refractivity contribution is -0.131. The lowest BCUT2D eigenvalue weighted by Crippen LogP contribution is -2.49. The van der Waals surface area contributed by atoms with Crippen LogP contribution in [0.3, 0.4) is 0 Å². The molecular weight excluding hydrogens is 334 g/mol. The third-order valence-electron chi connectivity index (χ3n) is 5.75. The van der Waals surface area contributed by atoms with Gasteiger partial charge in [0.15, 0.2) is 0 Å². The van der Waals surface area contributed by atoms with Crippen molar-refractivity contribution in [1.29, 1.82) is 0 Å². The van der Waals surface area contributed by atoms with E-state index in [1.807, 2.05) is 4.90 Å². The van der Waals surface area contributed by atoms with Crippen LogP contribution in [-0.4, -0.2) is 66.4 Å². The number of rotatable bonds is 5. The Labute approximate surface area is 162 Å². The average molecular weight is 364 g/mol. The summed E-state index contributed by atoms with van der Waals surface area (Å²) in [4.78, 5) is 19.1. The molecule has 0 aromatic heterocycles. The number of likely N-dealkylation sites (tertiary alicyclic amines) is 1. The largest absolute Gasteiger partial charge is 0.342 e. The Morgan fingerprint density at radius 3 is 1.96 bits per heavy atom. The van der Waals surface area contributed by atoms with Gasteiger partial charge in [0.05, 0.1) is 6.54 Å². The van der Waals surface area contributed by atoms with Crippen LogP contribution in [0.2, 0.25) is 0 Å². The molecule has 2 aromatic carbocycles. The molecule has 4 nitrogen and oxygen atoms in total. The Morgan fingerprint density at radius 2 is 1.30 bits per heavy atom. The van der Waals surface area contributed by atoms with Crippen molar-refractivity contribution >= 4 is 5.91 Å². The topological polar surface area (TPSA) is 26.8 Å². The number of amides is 1. The van der Waals surface area contributed by atoms with Gasteiger partial charge in [-0.2, -0.15) is 0 Å². The number of carbonyl (C=O) groups is 1. The third kappa shape index (κ3) is 4.76. The Kier molecular flexibility index (Phi) is 5.85. The summed E-state index contributed by atoms with van der Waals surface area (Å²) in [6.45, 7) is 7.54. The minimum absolute atomic E-state index is 0.317. The van der Waals surface area contributed by atoms with Crippen molar-refractivity contribution in [2.45, 2.75) is 19.4 Å². The van der Waals surface area contributed by atoms with Crippen LogP contribution in [0.1, 0.15) is 18.4 Å². The zero-order valence-electron chi connectivity index (χ0n) is 16.0. The van der Waals surface area contributed by atoms with E-state index in [-0.39, 0.29) is 0 Å². The first-order valence-electron chi connectivity index (χ1n) is 10.1. The number of piperazine rings is 1. The summed E-state index contributed by atoms with van der Waals surface area (Å²) in [5.41, 5.74) is 3.89. The molecule has 2 saturated heterocycles. The normalized spacial score (nSPS) is 18.7. The summed E-state index contributed by atoms with van der Waals surface area (Å²) in [6, 6.07) is 19.4. The van der Waals surface area contributed by atoms with Crippen molar-refractivity contribution in [2.75, 3.05) is 45.8 Å². The van der Waals surface area contributed by atoms with Crippen LogP contribution in [0.25, 0.3) is 11.1 Å². The van der Waals surface area contributed by atoms with Gasteiger partial charge in [-0.05, 0) is 29.5 Å². The highest BCUT2D eigenvalue weighted by atomic mass is 16.2. The second-order valence-corrected chi connectivity index (χ2v) is 7.70. The molecule has 4 rings (SSSR count). The van der Waals surface area contributed by atoms with E-state index in [0.29, 0.717) is 12.5 Å². The van der Waals surface area contributed by atoms with Crippen molar-refractivity contribution in [3.8, 4) is 11.1 Å². The van der Waals surface area contributed by atoms with Crippen LogP contribution in [-0.2, 0) is 11.3 Å². The summed E-state index contributed by atoms with van der Waals surface area (Å²) in [7, 11) is 0. The molecule has 27 heavy (non-hydrogen) atoms. The lowest BCUT2D eigenvalue weighted by Gasteiger charge is -2.35. The zero-order valence-corrected chi connectivity index (χ0v) is 16.0. The molecule has 0 spiro atoms. The Balaban J connectivity index is 1.25. The highest BCUT2D eigenvalue weighted by Gasteiger charge is 2.23. The van der Waals surface area contributed by atoms with E-state index in [4.69, 9.17) is 0 Å². The number of carbonyl (C=O) groups excluding carboxylic acids is 1.